The third kappa shape index (κ3) is 41.7. The number of ether oxygens (including phenoxy) is 2. The molecule has 0 aliphatic heterocycles. The second-order valence-corrected chi connectivity index (χ2v) is 17.5. The molecule has 0 bridgehead atoms. The van der Waals surface area contributed by atoms with Gasteiger partial charge in [-0.1, -0.05) is 159 Å². The summed E-state index contributed by atoms with van der Waals surface area (Å²) in [5, 5.41) is 0. The number of rotatable bonds is 40. The molecule has 0 aromatic carbocycles. The van der Waals surface area contributed by atoms with Crippen LogP contribution >= 0.6 is 7.82 Å². The number of carbonyl (C=O) groups excluding carboxylic acids is 2. The second-order valence-electron chi connectivity index (χ2n) is 16.1. The van der Waals surface area contributed by atoms with Gasteiger partial charge in [0.25, 0.3) is 7.82 Å². The predicted octanol–water partition coefficient (Wildman–Crippen LogP) is 11.9. The first-order chi connectivity index (χ1) is 26.5. The molecule has 0 fully saturated rings. The Morgan fingerprint density at radius 3 is 1.49 bits per heavy atom. The van der Waals surface area contributed by atoms with E-state index in [2.05, 4.69) is 50.3 Å². The van der Waals surface area contributed by atoms with Crippen molar-refractivity contribution < 1.29 is 42.1 Å². The summed E-state index contributed by atoms with van der Waals surface area (Å²) in [4.78, 5) is 37.5. The number of quaternary nitrogens is 1. The topological polar surface area (TPSA) is 111 Å². The first-order valence-corrected chi connectivity index (χ1v) is 23.7. The quantitative estimate of drug-likeness (QED) is 0.0198. The lowest BCUT2D eigenvalue weighted by molar-refractivity contribution is -0.870. The van der Waals surface area contributed by atoms with Crippen molar-refractivity contribution in [2.75, 3.05) is 47.5 Å². The van der Waals surface area contributed by atoms with Crippen molar-refractivity contribution in [1.29, 1.82) is 0 Å². The van der Waals surface area contributed by atoms with Gasteiger partial charge < -0.3 is 27.9 Å². The number of phosphoric ester groups is 1. The average molecular weight is 798 g/mol. The number of nitrogens with zero attached hydrogens (tertiary/aromatic N) is 1. The van der Waals surface area contributed by atoms with Crippen LogP contribution in [-0.2, 0) is 32.7 Å². The standard InChI is InChI=1S/C45H84NO8P/c1-6-8-10-12-14-16-18-20-22-23-24-26-28-30-32-34-36-38-45(48)54-43(42-53-55(49,50)52-40-39-46(3,4)5)41-51-44(47)37-35-33-31-29-27-25-21-19-17-15-13-11-9-7-2/h14,16,20,22,24,26,43H,6-13,15,17-19,21,23,25,27-42H2,1-5H3/b16-14-,22-20-,26-24-/t43-/m1/s1. The Hall–Kier alpha value is -1.77. The minimum Gasteiger partial charge on any atom is -0.756 e. The Kier molecular flexibility index (Phi) is 36.6. The highest BCUT2D eigenvalue weighted by molar-refractivity contribution is 7.45. The van der Waals surface area contributed by atoms with Crippen molar-refractivity contribution in [1.82, 2.24) is 0 Å². The lowest BCUT2D eigenvalue weighted by Gasteiger charge is -2.28. The van der Waals surface area contributed by atoms with Crippen LogP contribution in [0.2, 0.25) is 0 Å². The summed E-state index contributed by atoms with van der Waals surface area (Å²) >= 11 is 0. The van der Waals surface area contributed by atoms with Crippen molar-refractivity contribution in [2.24, 2.45) is 0 Å². The number of esters is 2. The SMILES string of the molecule is CCCCC/C=C\C/C=C\C/C=C\CCCCCCC(=O)O[C@H](COC(=O)CCCCCCCCCCCCCCCC)COP(=O)([O-])OCC[N+](C)(C)C. The maximum Gasteiger partial charge on any atom is 0.306 e. The molecule has 0 radical (unpaired) electrons. The Morgan fingerprint density at radius 2 is 0.982 bits per heavy atom. The van der Waals surface area contributed by atoms with E-state index in [1.54, 1.807) is 0 Å². The van der Waals surface area contributed by atoms with E-state index in [-0.39, 0.29) is 32.0 Å². The molecule has 0 aliphatic carbocycles. The molecule has 2 atom stereocenters. The summed E-state index contributed by atoms with van der Waals surface area (Å²) in [5.41, 5.74) is 0. The third-order valence-corrected chi connectivity index (χ3v) is 10.4. The molecule has 9 nitrogen and oxygen atoms in total. The van der Waals surface area contributed by atoms with Gasteiger partial charge in [-0.3, -0.25) is 14.2 Å². The van der Waals surface area contributed by atoms with Gasteiger partial charge in [-0.15, -0.1) is 0 Å². The highest BCUT2D eigenvalue weighted by atomic mass is 31.2. The van der Waals surface area contributed by atoms with E-state index in [0.717, 1.165) is 57.8 Å². The molecule has 322 valence electrons. The number of likely N-dealkylation sites (N-methyl/N-ethyl adjacent to an activating group) is 1. The van der Waals surface area contributed by atoms with Gasteiger partial charge >= 0.3 is 11.9 Å². The number of hydrogen-bond acceptors (Lipinski definition) is 8. The molecule has 55 heavy (non-hydrogen) atoms. The molecule has 0 aromatic heterocycles. The highest BCUT2D eigenvalue weighted by Crippen LogP contribution is 2.38. The van der Waals surface area contributed by atoms with E-state index in [0.29, 0.717) is 17.4 Å². The Labute approximate surface area is 338 Å². The summed E-state index contributed by atoms with van der Waals surface area (Å²) < 4.78 is 33.9. The monoisotopic (exact) mass is 798 g/mol. The van der Waals surface area contributed by atoms with E-state index in [4.69, 9.17) is 18.5 Å². The Morgan fingerprint density at radius 1 is 0.564 bits per heavy atom. The fourth-order valence-corrected chi connectivity index (χ4v) is 6.62. The second kappa shape index (κ2) is 37.8. The lowest BCUT2D eigenvalue weighted by atomic mass is 10.0. The van der Waals surface area contributed by atoms with Crippen LogP contribution in [0.1, 0.15) is 187 Å². The van der Waals surface area contributed by atoms with Crippen molar-refractivity contribution in [3.05, 3.63) is 36.5 Å². The minimum atomic E-state index is -4.63. The predicted molar refractivity (Wildman–Crippen MR) is 227 cm³/mol. The zero-order valence-corrected chi connectivity index (χ0v) is 37.0. The Balaban J connectivity index is 4.40. The molecule has 0 rings (SSSR count). The van der Waals surface area contributed by atoms with Crippen LogP contribution < -0.4 is 4.89 Å². The summed E-state index contributed by atoms with van der Waals surface area (Å²) in [5.74, 6) is -0.856. The van der Waals surface area contributed by atoms with E-state index in [1.165, 1.54) is 96.3 Å². The van der Waals surface area contributed by atoms with Crippen LogP contribution in [0.5, 0.6) is 0 Å². The Bertz CT molecular complexity index is 1040. The summed E-state index contributed by atoms with van der Waals surface area (Å²) in [7, 11) is 1.15. The first kappa shape index (κ1) is 53.2. The number of allylic oxidation sites excluding steroid dienone is 6. The molecule has 10 heteroatoms. The minimum absolute atomic E-state index is 0.0348. The molecule has 0 saturated heterocycles. The van der Waals surface area contributed by atoms with Gasteiger partial charge in [-0.25, -0.2) is 0 Å². The summed E-state index contributed by atoms with van der Waals surface area (Å²) in [6.07, 6.45) is 41.6. The van der Waals surface area contributed by atoms with Crippen molar-refractivity contribution in [3.8, 4) is 0 Å². The van der Waals surface area contributed by atoms with Crippen molar-refractivity contribution in [3.63, 3.8) is 0 Å². The fourth-order valence-electron chi connectivity index (χ4n) is 5.90. The van der Waals surface area contributed by atoms with Gasteiger partial charge in [0.15, 0.2) is 6.10 Å². The molecular weight excluding hydrogens is 713 g/mol. The van der Waals surface area contributed by atoms with E-state index >= 15 is 0 Å². The van der Waals surface area contributed by atoms with E-state index in [1.807, 2.05) is 21.1 Å². The van der Waals surface area contributed by atoms with Crippen molar-refractivity contribution >= 4 is 19.8 Å². The van der Waals surface area contributed by atoms with Gasteiger partial charge in [0.1, 0.15) is 19.8 Å². The number of hydrogen-bond donors (Lipinski definition) is 0. The maximum atomic E-state index is 12.7. The summed E-state index contributed by atoms with van der Waals surface area (Å²) in [6.45, 7) is 4.18. The number of carbonyl (C=O) groups is 2. The van der Waals surface area contributed by atoms with E-state index in [9.17, 15) is 19.0 Å². The smallest absolute Gasteiger partial charge is 0.306 e. The lowest BCUT2D eigenvalue weighted by Crippen LogP contribution is -2.37. The van der Waals surface area contributed by atoms with Gasteiger partial charge in [0, 0.05) is 12.8 Å². The molecule has 1 unspecified atom stereocenters. The first-order valence-electron chi connectivity index (χ1n) is 22.2. The van der Waals surface area contributed by atoms with Crippen LogP contribution in [-0.4, -0.2) is 70.0 Å². The molecule has 0 aromatic rings. The van der Waals surface area contributed by atoms with Crippen LogP contribution in [0.4, 0.5) is 0 Å². The maximum absolute atomic E-state index is 12.7. The number of phosphoric acid groups is 1. The van der Waals surface area contributed by atoms with Crippen LogP contribution in [0, 0.1) is 0 Å². The average Bonchev–Trinajstić information content (AvgIpc) is 3.13. The summed E-state index contributed by atoms with van der Waals surface area (Å²) in [6, 6.07) is 0. The third-order valence-electron chi connectivity index (χ3n) is 9.41. The fraction of sp³-hybridized carbons (Fsp3) is 0.822. The molecule has 0 N–H and O–H groups in total. The van der Waals surface area contributed by atoms with E-state index < -0.39 is 26.5 Å². The van der Waals surface area contributed by atoms with Gasteiger partial charge in [0.05, 0.1) is 27.7 Å². The molecule has 0 amide bonds. The molecule has 0 heterocycles. The van der Waals surface area contributed by atoms with Gasteiger partial charge in [0.2, 0.25) is 0 Å². The zero-order chi connectivity index (χ0) is 40.7. The van der Waals surface area contributed by atoms with Crippen LogP contribution in [0.15, 0.2) is 36.5 Å². The molecule has 0 aliphatic rings. The van der Waals surface area contributed by atoms with Crippen LogP contribution in [0.25, 0.3) is 0 Å². The number of unbranched alkanes of at least 4 members (excludes halogenated alkanes) is 20. The molecular formula is C45H84NO8P. The van der Waals surface area contributed by atoms with Gasteiger partial charge in [-0.05, 0) is 51.4 Å². The van der Waals surface area contributed by atoms with Crippen LogP contribution in [0.3, 0.4) is 0 Å². The normalized spacial score (nSPS) is 13.9. The largest absolute Gasteiger partial charge is 0.756 e. The molecule has 0 spiro atoms. The zero-order valence-electron chi connectivity index (χ0n) is 36.1. The van der Waals surface area contributed by atoms with Crippen molar-refractivity contribution in [2.45, 2.75) is 193 Å². The highest BCUT2D eigenvalue weighted by Gasteiger charge is 2.21. The van der Waals surface area contributed by atoms with Gasteiger partial charge in [-0.2, -0.15) is 0 Å². The molecule has 0 saturated carbocycles.